The molecule has 0 radical (unpaired) electrons. The Kier molecular flexibility index (Phi) is 2.49. The third-order valence-electron chi connectivity index (χ3n) is 2.16. The number of hydrogen-bond donors (Lipinski definition) is 1. The third-order valence-corrected chi connectivity index (χ3v) is 2.65. The van der Waals surface area contributed by atoms with Gasteiger partial charge in [0.15, 0.2) is 5.11 Å². The van der Waals surface area contributed by atoms with E-state index >= 15 is 0 Å². The van der Waals surface area contributed by atoms with E-state index in [4.69, 9.17) is 12.2 Å². The zero-order valence-corrected chi connectivity index (χ0v) is 7.37. The van der Waals surface area contributed by atoms with E-state index in [-0.39, 0.29) is 0 Å². The van der Waals surface area contributed by atoms with Crippen LogP contribution in [0.25, 0.3) is 0 Å². The number of nitrogens with zero attached hydrogens (tertiary/aromatic N) is 1. The van der Waals surface area contributed by atoms with Crippen molar-refractivity contribution in [2.45, 2.75) is 25.3 Å². The molecule has 1 fully saturated rings. The van der Waals surface area contributed by atoms with E-state index in [2.05, 4.69) is 17.3 Å². The zero-order valence-electron chi connectivity index (χ0n) is 6.55. The van der Waals surface area contributed by atoms with Crippen LogP contribution >= 0.6 is 12.2 Å². The van der Waals surface area contributed by atoms with Crippen LogP contribution in [0.2, 0.25) is 0 Å². The van der Waals surface area contributed by atoms with Crippen molar-refractivity contribution in [1.82, 2.24) is 10.2 Å². The molecule has 3 heteroatoms. The van der Waals surface area contributed by atoms with Gasteiger partial charge in [0, 0.05) is 20.1 Å². The Hall–Kier alpha value is -0.310. The van der Waals surface area contributed by atoms with Gasteiger partial charge in [-0.3, -0.25) is 0 Å². The van der Waals surface area contributed by atoms with Crippen molar-refractivity contribution < 1.29 is 0 Å². The highest BCUT2D eigenvalue weighted by molar-refractivity contribution is 7.80. The summed E-state index contributed by atoms with van der Waals surface area (Å²) in [6.07, 6.45) is 3.97. The number of rotatable bonds is 1. The largest absolute Gasteiger partial charge is 0.366 e. The maximum absolute atomic E-state index is 5.07. The van der Waals surface area contributed by atoms with Crippen LogP contribution in [0, 0.1) is 0 Å². The zero-order chi connectivity index (χ0) is 7.56. The van der Waals surface area contributed by atoms with Crippen molar-refractivity contribution in [3.63, 3.8) is 0 Å². The predicted octanol–water partition coefficient (Wildman–Crippen LogP) is 0.975. The summed E-state index contributed by atoms with van der Waals surface area (Å²) < 4.78 is 0. The quantitative estimate of drug-likeness (QED) is 0.573. The second kappa shape index (κ2) is 3.19. The van der Waals surface area contributed by atoms with Crippen molar-refractivity contribution >= 4 is 17.3 Å². The van der Waals surface area contributed by atoms with Crippen LogP contribution in [0.4, 0.5) is 0 Å². The van der Waals surface area contributed by atoms with Crippen molar-refractivity contribution in [2.24, 2.45) is 0 Å². The molecule has 0 bridgehead atoms. The molecule has 0 amide bonds. The SMILES string of the molecule is CNC(=S)N(C)C1CCC1. The molecule has 2 nitrogen and oxygen atoms in total. The van der Waals surface area contributed by atoms with E-state index < -0.39 is 0 Å². The van der Waals surface area contributed by atoms with Crippen molar-refractivity contribution in [3.05, 3.63) is 0 Å². The Morgan fingerprint density at radius 1 is 1.60 bits per heavy atom. The van der Waals surface area contributed by atoms with Gasteiger partial charge >= 0.3 is 0 Å². The summed E-state index contributed by atoms with van der Waals surface area (Å²) in [6, 6.07) is 0.708. The summed E-state index contributed by atoms with van der Waals surface area (Å²) in [6.45, 7) is 0. The molecule has 1 rings (SSSR count). The third kappa shape index (κ3) is 1.40. The summed E-state index contributed by atoms with van der Waals surface area (Å²) in [4.78, 5) is 2.15. The van der Waals surface area contributed by atoms with Crippen molar-refractivity contribution in [2.75, 3.05) is 14.1 Å². The van der Waals surface area contributed by atoms with Crippen LogP contribution in [0.3, 0.4) is 0 Å². The molecule has 58 valence electrons. The Labute approximate surface area is 67.6 Å². The van der Waals surface area contributed by atoms with Crippen LogP contribution in [0.5, 0.6) is 0 Å². The van der Waals surface area contributed by atoms with Gasteiger partial charge < -0.3 is 10.2 Å². The Morgan fingerprint density at radius 2 is 2.20 bits per heavy atom. The van der Waals surface area contributed by atoms with E-state index in [1.54, 1.807) is 0 Å². The smallest absolute Gasteiger partial charge is 0.168 e. The molecule has 0 aliphatic heterocycles. The first-order valence-electron chi connectivity index (χ1n) is 3.70. The molecule has 0 atom stereocenters. The standard InChI is InChI=1S/C7H14N2S/c1-8-7(10)9(2)6-4-3-5-6/h6H,3-5H2,1-2H3,(H,8,10). The van der Waals surface area contributed by atoms with Gasteiger partial charge in [0.2, 0.25) is 0 Å². The molecule has 0 heterocycles. The minimum absolute atomic E-state index is 0.708. The topological polar surface area (TPSA) is 15.3 Å². The van der Waals surface area contributed by atoms with Gasteiger partial charge in [-0.1, -0.05) is 0 Å². The summed E-state index contributed by atoms with van der Waals surface area (Å²) in [5.74, 6) is 0. The van der Waals surface area contributed by atoms with E-state index in [0.29, 0.717) is 6.04 Å². The van der Waals surface area contributed by atoms with Crippen LogP contribution in [-0.4, -0.2) is 30.1 Å². The molecule has 1 N–H and O–H groups in total. The second-order valence-electron chi connectivity index (χ2n) is 2.75. The lowest BCUT2D eigenvalue weighted by Gasteiger charge is -2.36. The molecule has 0 spiro atoms. The maximum atomic E-state index is 5.07. The highest BCUT2D eigenvalue weighted by Crippen LogP contribution is 2.23. The van der Waals surface area contributed by atoms with Crippen LogP contribution < -0.4 is 5.32 Å². The van der Waals surface area contributed by atoms with Gasteiger partial charge in [-0.05, 0) is 31.5 Å². The first-order chi connectivity index (χ1) is 4.75. The molecule has 1 aliphatic rings. The van der Waals surface area contributed by atoms with Crippen LogP contribution in [0.1, 0.15) is 19.3 Å². The summed E-state index contributed by atoms with van der Waals surface area (Å²) in [7, 11) is 3.93. The highest BCUT2D eigenvalue weighted by Gasteiger charge is 2.22. The number of hydrogen-bond acceptors (Lipinski definition) is 1. The van der Waals surface area contributed by atoms with E-state index in [9.17, 15) is 0 Å². The van der Waals surface area contributed by atoms with E-state index in [1.165, 1.54) is 19.3 Å². The van der Waals surface area contributed by atoms with Gasteiger partial charge in [0.1, 0.15) is 0 Å². The minimum Gasteiger partial charge on any atom is -0.366 e. The average Bonchev–Trinajstić information content (AvgIpc) is 1.82. The molecule has 0 aromatic carbocycles. The number of nitrogens with one attached hydrogen (secondary N) is 1. The predicted molar refractivity (Wildman–Crippen MR) is 47.1 cm³/mol. The first kappa shape index (κ1) is 7.79. The average molecular weight is 158 g/mol. The lowest BCUT2D eigenvalue weighted by atomic mass is 9.92. The molecule has 0 aromatic heterocycles. The fourth-order valence-corrected chi connectivity index (χ4v) is 1.27. The molecule has 0 saturated heterocycles. The van der Waals surface area contributed by atoms with Gasteiger partial charge in [-0.25, -0.2) is 0 Å². The molecule has 10 heavy (non-hydrogen) atoms. The second-order valence-corrected chi connectivity index (χ2v) is 3.14. The Balaban J connectivity index is 2.31. The summed E-state index contributed by atoms with van der Waals surface area (Å²) in [5, 5.41) is 3.84. The Bertz CT molecular complexity index is 132. The monoisotopic (exact) mass is 158 g/mol. The maximum Gasteiger partial charge on any atom is 0.168 e. The molecule has 0 aromatic rings. The van der Waals surface area contributed by atoms with Gasteiger partial charge in [0.05, 0.1) is 0 Å². The van der Waals surface area contributed by atoms with E-state index in [0.717, 1.165) is 5.11 Å². The van der Waals surface area contributed by atoms with Crippen LogP contribution in [0.15, 0.2) is 0 Å². The van der Waals surface area contributed by atoms with Gasteiger partial charge in [-0.15, -0.1) is 0 Å². The van der Waals surface area contributed by atoms with Crippen molar-refractivity contribution in [3.8, 4) is 0 Å². The normalized spacial score (nSPS) is 17.8. The number of thiocarbonyl (C=S) groups is 1. The lowest BCUT2D eigenvalue weighted by Crippen LogP contribution is -2.45. The molecule has 0 unspecified atom stereocenters. The Morgan fingerprint density at radius 3 is 2.50 bits per heavy atom. The molecular weight excluding hydrogens is 144 g/mol. The van der Waals surface area contributed by atoms with E-state index in [1.807, 2.05) is 7.05 Å². The fraction of sp³-hybridized carbons (Fsp3) is 0.857. The van der Waals surface area contributed by atoms with Crippen molar-refractivity contribution in [1.29, 1.82) is 0 Å². The van der Waals surface area contributed by atoms with Gasteiger partial charge in [0.25, 0.3) is 0 Å². The molecule has 1 saturated carbocycles. The molecule has 1 aliphatic carbocycles. The highest BCUT2D eigenvalue weighted by atomic mass is 32.1. The summed E-state index contributed by atoms with van der Waals surface area (Å²) >= 11 is 5.07. The fourth-order valence-electron chi connectivity index (χ4n) is 1.12. The van der Waals surface area contributed by atoms with Gasteiger partial charge in [-0.2, -0.15) is 0 Å². The lowest BCUT2D eigenvalue weighted by molar-refractivity contribution is 0.239. The first-order valence-corrected chi connectivity index (χ1v) is 4.11. The summed E-state index contributed by atoms with van der Waals surface area (Å²) in [5.41, 5.74) is 0. The molecular formula is C7H14N2S. The van der Waals surface area contributed by atoms with Crippen LogP contribution in [-0.2, 0) is 0 Å². The minimum atomic E-state index is 0.708.